The summed E-state index contributed by atoms with van der Waals surface area (Å²) in [5.41, 5.74) is 3.77. The van der Waals surface area contributed by atoms with E-state index in [1.807, 2.05) is 36.4 Å². The second kappa shape index (κ2) is 12.3. The molecule has 0 bridgehead atoms. The Morgan fingerprint density at radius 1 is 0.972 bits per heavy atom. The molecule has 0 aliphatic carbocycles. The van der Waals surface area contributed by atoms with Gasteiger partial charge in [-0.1, -0.05) is 60.1 Å². The van der Waals surface area contributed by atoms with Crippen molar-refractivity contribution in [3.8, 4) is 11.8 Å². The van der Waals surface area contributed by atoms with Gasteiger partial charge in [0.05, 0.1) is 23.1 Å². The van der Waals surface area contributed by atoms with Crippen LogP contribution in [0.5, 0.6) is 5.75 Å². The molecule has 0 fully saturated rings. The van der Waals surface area contributed by atoms with E-state index in [1.165, 1.54) is 17.7 Å². The molecule has 0 aromatic heterocycles. The normalized spacial score (nSPS) is 10.5. The molecule has 0 spiro atoms. The van der Waals surface area contributed by atoms with E-state index in [4.69, 9.17) is 21.6 Å². The van der Waals surface area contributed by atoms with Crippen molar-refractivity contribution >= 4 is 35.0 Å². The Kier molecular flexibility index (Phi) is 8.62. The Balaban J connectivity index is 1.49. The predicted molar refractivity (Wildman–Crippen MR) is 142 cm³/mol. The van der Waals surface area contributed by atoms with Crippen LogP contribution in [0.3, 0.4) is 0 Å². The Bertz CT molecular complexity index is 1390. The van der Waals surface area contributed by atoms with Crippen LogP contribution in [-0.4, -0.2) is 5.91 Å². The van der Waals surface area contributed by atoms with Crippen LogP contribution in [0.2, 0.25) is 5.02 Å². The van der Waals surface area contributed by atoms with Gasteiger partial charge in [-0.3, -0.25) is 4.79 Å². The summed E-state index contributed by atoms with van der Waals surface area (Å²) in [7, 11) is 0. The summed E-state index contributed by atoms with van der Waals surface area (Å²) in [4.78, 5) is 13.6. The quantitative estimate of drug-likeness (QED) is 0.235. The summed E-state index contributed by atoms with van der Waals surface area (Å²) in [6.07, 6.45) is -0.0351. The Hall–Kier alpha value is -3.79. The number of carbonyl (C=O) groups excluding carboxylic acids is 1. The highest BCUT2D eigenvalue weighted by molar-refractivity contribution is 7.98. The van der Waals surface area contributed by atoms with Gasteiger partial charge in [-0.05, 0) is 53.6 Å². The minimum Gasteiger partial charge on any atom is -0.489 e. The van der Waals surface area contributed by atoms with Crippen LogP contribution < -0.4 is 10.1 Å². The molecule has 0 unspecified atom stereocenters. The smallest absolute Gasteiger partial charge is 0.228 e. The molecule has 0 aliphatic heterocycles. The number of hydrogen-bond donors (Lipinski definition) is 1. The second-order valence-corrected chi connectivity index (χ2v) is 9.35. The van der Waals surface area contributed by atoms with Crippen molar-refractivity contribution in [2.24, 2.45) is 0 Å². The van der Waals surface area contributed by atoms with Gasteiger partial charge in [0.1, 0.15) is 18.2 Å². The lowest BCUT2D eigenvalue weighted by Gasteiger charge is -2.14. The molecule has 4 rings (SSSR count). The highest BCUT2D eigenvalue weighted by atomic mass is 35.5. The molecule has 1 N–H and O–H groups in total. The third-order valence-corrected chi connectivity index (χ3v) is 6.94. The van der Waals surface area contributed by atoms with Crippen LogP contribution in [-0.2, 0) is 23.6 Å². The number of carbonyl (C=O) groups is 1. The van der Waals surface area contributed by atoms with Crippen molar-refractivity contribution in [3.05, 3.63) is 124 Å². The molecular weight excluding hydrogens is 495 g/mol. The molecule has 0 saturated heterocycles. The number of hydrogen-bond acceptors (Lipinski definition) is 4. The lowest BCUT2D eigenvalue weighted by Crippen LogP contribution is -2.15. The van der Waals surface area contributed by atoms with Gasteiger partial charge in [0.2, 0.25) is 5.91 Å². The zero-order valence-corrected chi connectivity index (χ0v) is 20.8. The molecule has 1 amide bonds. The topological polar surface area (TPSA) is 62.1 Å². The third kappa shape index (κ3) is 6.88. The van der Waals surface area contributed by atoms with Gasteiger partial charge >= 0.3 is 0 Å². The maximum Gasteiger partial charge on any atom is 0.228 e. The average molecular weight is 517 g/mol. The average Bonchev–Trinajstić information content (AvgIpc) is 2.90. The zero-order chi connectivity index (χ0) is 25.3. The highest BCUT2D eigenvalue weighted by Gasteiger charge is 2.12. The maximum absolute atomic E-state index is 13.7. The van der Waals surface area contributed by atoms with Crippen LogP contribution in [0.25, 0.3) is 0 Å². The Labute approximate surface area is 218 Å². The van der Waals surface area contributed by atoms with E-state index in [9.17, 15) is 9.18 Å². The van der Waals surface area contributed by atoms with E-state index in [0.29, 0.717) is 29.2 Å². The monoisotopic (exact) mass is 516 g/mol. The van der Waals surface area contributed by atoms with Gasteiger partial charge in [0.15, 0.2) is 0 Å². The number of anilines is 1. The number of halogens is 2. The Morgan fingerprint density at radius 2 is 1.75 bits per heavy atom. The lowest BCUT2D eigenvalue weighted by molar-refractivity contribution is -0.115. The van der Waals surface area contributed by atoms with E-state index in [0.717, 1.165) is 16.2 Å². The standard InChI is InChI=1S/C29H22ClFN2O2S/c30-29-22(7-4-8-26(29)31)15-28(34)33-24-12-11-23(18-35-25-13-9-20(17-32)10-14-25)27(16-24)36-19-21-5-2-1-3-6-21/h1-14,16H,15,18-19H2,(H,33,34). The first-order valence-corrected chi connectivity index (χ1v) is 12.5. The van der Waals surface area contributed by atoms with Crippen molar-refractivity contribution < 1.29 is 13.9 Å². The summed E-state index contributed by atoms with van der Waals surface area (Å²) in [6, 6.07) is 29.2. The van der Waals surface area contributed by atoms with E-state index in [1.54, 1.807) is 42.1 Å². The minimum absolute atomic E-state index is 0.0351. The molecule has 36 heavy (non-hydrogen) atoms. The highest BCUT2D eigenvalue weighted by Crippen LogP contribution is 2.30. The molecule has 0 saturated carbocycles. The number of nitrogens with one attached hydrogen (secondary N) is 1. The minimum atomic E-state index is -0.548. The van der Waals surface area contributed by atoms with Gasteiger partial charge < -0.3 is 10.1 Å². The van der Waals surface area contributed by atoms with Gasteiger partial charge in [-0.15, -0.1) is 11.8 Å². The van der Waals surface area contributed by atoms with E-state index in [-0.39, 0.29) is 17.4 Å². The van der Waals surface area contributed by atoms with Crippen molar-refractivity contribution in [3.63, 3.8) is 0 Å². The van der Waals surface area contributed by atoms with Crippen LogP contribution in [0.4, 0.5) is 10.1 Å². The summed E-state index contributed by atoms with van der Waals surface area (Å²) < 4.78 is 19.7. The van der Waals surface area contributed by atoms with Crippen LogP contribution >= 0.6 is 23.4 Å². The van der Waals surface area contributed by atoms with E-state index < -0.39 is 5.82 Å². The number of amides is 1. The van der Waals surface area contributed by atoms with Gasteiger partial charge in [-0.25, -0.2) is 4.39 Å². The van der Waals surface area contributed by atoms with Crippen LogP contribution in [0.1, 0.15) is 22.3 Å². The zero-order valence-electron chi connectivity index (χ0n) is 19.2. The number of rotatable bonds is 9. The number of nitriles is 1. The summed E-state index contributed by atoms with van der Waals surface area (Å²) in [6.45, 7) is 0.330. The largest absolute Gasteiger partial charge is 0.489 e. The maximum atomic E-state index is 13.7. The fraction of sp³-hybridized carbons (Fsp3) is 0.103. The van der Waals surface area contributed by atoms with Crippen molar-refractivity contribution in [1.82, 2.24) is 0 Å². The van der Waals surface area contributed by atoms with Crippen molar-refractivity contribution in [2.75, 3.05) is 5.32 Å². The summed E-state index contributed by atoms with van der Waals surface area (Å²) in [5, 5.41) is 11.8. The molecular formula is C29H22ClFN2O2S. The molecule has 7 heteroatoms. The third-order valence-electron chi connectivity index (χ3n) is 5.35. The number of ether oxygens (including phenoxy) is 1. The van der Waals surface area contributed by atoms with E-state index >= 15 is 0 Å². The van der Waals surface area contributed by atoms with Crippen LogP contribution in [0, 0.1) is 17.1 Å². The van der Waals surface area contributed by atoms with Crippen molar-refractivity contribution in [1.29, 1.82) is 5.26 Å². The van der Waals surface area contributed by atoms with Gasteiger partial charge in [0.25, 0.3) is 0 Å². The SMILES string of the molecule is N#Cc1ccc(OCc2ccc(NC(=O)Cc3cccc(F)c3Cl)cc2SCc2ccccc2)cc1. The first-order chi connectivity index (χ1) is 17.5. The summed E-state index contributed by atoms with van der Waals surface area (Å²) >= 11 is 7.65. The van der Waals surface area contributed by atoms with Crippen molar-refractivity contribution in [2.45, 2.75) is 23.7 Å². The number of nitrogens with zero attached hydrogens (tertiary/aromatic N) is 1. The molecule has 0 aliphatic rings. The first-order valence-electron chi connectivity index (χ1n) is 11.2. The second-order valence-electron chi connectivity index (χ2n) is 7.96. The molecule has 0 atom stereocenters. The van der Waals surface area contributed by atoms with Gasteiger partial charge in [-0.2, -0.15) is 5.26 Å². The fourth-order valence-electron chi connectivity index (χ4n) is 3.47. The predicted octanol–water partition coefficient (Wildman–Crippen LogP) is 7.40. The molecule has 4 aromatic rings. The Morgan fingerprint density at radius 3 is 2.50 bits per heavy atom. The molecule has 0 radical (unpaired) electrons. The number of thioether (sulfide) groups is 1. The lowest BCUT2D eigenvalue weighted by atomic mass is 10.1. The first kappa shape index (κ1) is 25.3. The molecule has 4 aromatic carbocycles. The molecule has 4 nitrogen and oxygen atoms in total. The molecule has 0 heterocycles. The summed E-state index contributed by atoms with van der Waals surface area (Å²) in [5.74, 6) is 0.578. The number of benzene rings is 4. The van der Waals surface area contributed by atoms with Crippen LogP contribution in [0.15, 0.2) is 95.9 Å². The molecule has 180 valence electrons. The fourth-order valence-corrected chi connectivity index (χ4v) is 4.70. The van der Waals surface area contributed by atoms with Gasteiger partial charge in [0, 0.05) is 21.9 Å². The van der Waals surface area contributed by atoms with E-state index in [2.05, 4.69) is 23.5 Å².